The number of benzene rings is 2. The van der Waals surface area contributed by atoms with Crippen LogP contribution >= 0.6 is 0 Å². The summed E-state index contributed by atoms with van der Waals surface area (Å²) in [6.45, 7) is 4.69. The molecule has 0 spiro atoms. The molecule has 5 rings (SSSR count). The minimum atomic E-state index is -0.415. The molecule has 0 saturated heterocycles. The van der Waals surface area contributed by atoms with Crippen LogP contribution in [0.5, 0.6) is 5.75 Å². The maximum absolute atomic E-state index is 13.0. The van der Waals surface area contributed by atoms with E-state index in [0.29, 0.717) is 41.4 Å². The molecule has 34 heavy (non-hydrogen) atoms. The molecular weight excluding hydrogens is 432 g/mol. The zero-order valence-corrected chi connectivity index (χ0v) is 19.9. The van der Waals surface area contributed by atoms with Crippen LogP contribution in [-0.4, -0.2) is 40.8 Å². The number of fused-ring (bicyclic) bond motifs is 3. The molecule has 0 saturated carbocycles. The van der Waals surface area contributed by atoms with Crippen LogP contribution in [0.2, 0.25) is 0 Å². The normalized spacial score (nSPS) is 11.7. The van der Waals surface area contributed by atoms with Gasteiger partial charge in [-0.1, -0.05) is 35.5 Å². The van der Waals surface area contributed by atoms with Crippen LogP contribution in [-0.2, 0) is 13.1 Å². The summed E-state index contributed by atoms with van der Waals surface area (Å²) in [7, 11) is 5.54. The third kappa shape index (κ3) is 3.66. The van der Waals surface area contributed by atoms with Crippen molar-refractivity contribution in [3.05, 3.63) is 75.7 Å². The van der Waals surface area contributed by atoms with Crippen LogP contribution in [0.15, 0.2) is 56.2 Å². The molecule has 2 aromatic carbocycles. The molecule has 0 N–H and O–H groups in total. The quantitative estimate of drug-likeness (QED) is 0.369. The van der Waals surface area contributed by atoms with E-state index in [2.05, 4.69) is 5.16 Å². The Morgan fingerprint density at radius 1 is 1.12 bits per heavy atom. The van der Waals surface area contributed by atoms with Crippen LogP contribution in [0.3, 0.4) is 0 Å². The molecule has 0 aliphatic heterocycles. The summed E-state index contributed by atoms with van der Waals surface area (Å²) in [5.41, 5.74) is 6.14. The molecule has 8 heteroatoms. The van der Waals surface area contributed by atoms with E-state index >= 15 is 0 Å². The zero-order valence-electron chi connectivity index (χ0n) is 19.9. The molecule has 0 radical (unpaired) electrons. The number of aryl methyl sites for hydroxylation is 2. The van der Waals surface area contributed by atoms with Gasteiger partial charge in [0.1, 0.15) is 22.7 Å². The lowest BCUT2D eigenvalue weighted by Crippen LogP contribution is -2.15. The number of hydrogen-bond donors (Lipinski definition) is 0. The van der Waals surface area contributed by atoms with Gasteiger partial charge >= 0.3 is 5.76 Å². The minimum Gasteiger partial charge on any atom is -0.496 e. The van der Waals surface area contributed by atoms with Crippen LogP contribution in [0.1, 0.15) is 22.7 Å². The molecule has 0 aliphatic carbocycles. The third-order valence-electron chi connectivity index (χ3n) is 5.94. The number of rotatable bonds is 6. The van der Waals surface area contributed by atoms with Crippen molar-refractivity contribution >= 4 is 22.0 Å². The van der Waals surface area contributed by atoms with Gasteiger partial charge in [-0.2, -0.15) is 0 Å². The van der Waals surface area contributed by atoms with E-state index in [-0.39, 0.29) is 0 Å². The number of nitrogens with zero attached hydrogens (tertiary/aromatic N) is 4. The van der Waals surface area contributed by atoms with Crippen molar-refractivity contribution < 1.29 is 13.7 Å². The Kier molecular flexibility index (Phi) is 5.45. The van der Waals surface area contributed by atoms with E-state index in [9.17, 15) is 4.79 Å². The average Bonchev–Trinajstić information content (AvgIpc) is 3.32. The predicted molar refractivity (Wildman–Crippen MR) is 130 cm³/mol. The average molecular weight is 459 g/mol. The second kappa shape index (κ2) is 8.46. The number of pyridine rings is 1. The summed E-state index contributed by atoms with van der Waals surface area (Å²) in [5, 5.41) is 4.89. The Morgan fingerprint density at radius 2 is 1.88 bits per heavy atom. The van der Waals surface area contributed by atoms with Gasteiger partial charge in [-0.15, -0.1) is 0 Å². The second-order valence-electron chi connectivity index (χ2n) is 8.68. The number of oxazole rings is 1. The van der Waals surface area contributed by atoms with Gasteiger partial charge in [0.15, 0.2) is 5.58 Å². The lowest BCUT2D eigenvalue weighted by molar-refractivity contribution is 0.393. The van der Waals surface area contributed by atoms with E-state index in [0.717, 1.165) is 33.3 Å². The van der Waals surface area contributed by atoms with Gasteiger partial charge in [0.2, 0.25) is 0 Å². The third-order valence-corrected chi connectivity index (χ3v) is 5.94. The van der Waals surface area contributed by atoms with Crippen molar-refractivity contribution in [3.63, 3.8) is 0 Å². The van der Waals surface area contributed by atoms with Gasteiger partial charge in [0.25, 0.3) is 0 Å². The van der Waals surface area contributed by atoms with Crippen LogP contribution in [0.25, 0.3) is 33.1 Å². The summed E-state index contributed by atoms with van der Waals surface area (Å²) >= 11 is 0. The number of ether oxygens (including phenoxy) is 1. The molecule has 0 fully saturated rings. The van der Waals surface area contributed by atoms with E-state index in [4.69, 9.17) is 18.7 Å². The van der Waals surface area contributed by atoms with Crippen molar-refractivity contribution in [1.82, 2.24) is 19.6 Å². The van der Waals surface area contributed by atoms with Crippen LogP contribution < -0.4 is 10.5 Å². The maximum Gasteiger partial charge on any atom is 0.420 e. The Hall–Kier alpha value is -3.91. The van der Waals surface area contributed by atoms with Gasteiger partial charge in [-0.05, 0) is 45.6 Å². The first-order valence-electron chi connectivity index (χ1n) is 11.0. The lowest BCUT2D eigenvalue weighted by atomic mass is 10.00. The van der Waals surface area contributed by atoms with E-state index in [1.165, 1.54) is 0 Å². The Labute approximate surface area is 196 Å². The first kappa shape index (κ1) is 21.9. The van der Waals surface area contributed by atoms with Gasteiger partial charge in [-0.3, -0.25) is 4.57 Å². The largest absolute Gasteiger partial charge is 0.496 e. The minimum absolute atomic E-state index is 0.390. The fraction of sp³-hybridized carbons (Fsp3) is 0.269. The Morgan fingerprint density at radius 3 is 2.53 bits per heavy atom. The van der Waals surface area contributed by atoms with Gasteiger partial charge in [0.05, 0.1) is 30.4 Å². The monoisotopic (exact) mass is 458 g/mol. The second-order valence-corrected chi connectivity index (χ2v) is 8.68. The molecule has 0 amide bonds. The van der Waals surface area contributed by atoms with Crippen molar-refractivity contribution in [1.29, 1.82) is 0 Å². The Bertz CT molecular complexity index is 1540. The number of hydrogen-bond acceptors (Lipinski definition) is 7. The predicted octanol–water partition coefficient (Wildman–Crippen LogP) is 4.53. The lowest BCUT2D eigenvalue weighted by Gasteiger charge is -2.14. The summed E-state index contributed by atoms with van der Waals surface area (Å²) in [6, 6.07) is 13.7. The fourth-order valence-corrected chi connectivity index (χ4v) is 4.46. The van der Waals surface area contributed by atoms with Crippen molar-refractivity contribution in [2.75, 3.05) is 21.2 Å². The molecule has 174 valence electrons. The molecule has 3 aromatic heterocycles. The van der Waals surface area contributed by atoms with Crippen LogP contribution in [0.4, 0.5) is 0 Å². The highest BCUT2D eigenvalue weighted by Crippen LogP contribution is 2.39. The fourth-order valence-electron chi connectivity index (χ4n) is 4.46. The molecule has 5 aromatic rings. The highest BCUT2D eigenvalue weighted by atomic mass is 16.5. The van der Waals surface area contributed by atoms with E-state index < -0.39 is 5.76 Å². The van der Waals surface area contributed by atoms with Gasteiger partial charge < -0.3 is 18.6 Å². The summed E-state index contributed by atoms with van der Waals surface area (Å²) < 4.78 is 18.6. The highest BCUT2D eigenvalue weighted by Gasteiger charge is 2.23. The van der Waals surface area contributed by atoms with Crippen molar-refractivity contribution in [3.8, 4) is 16.9 Å². The SMILES string of the molecule is COc1cc2c(cc1-c1c(C)noc1C)nc(CN(C)C)c1oc(=O)n(Cc3ccccc3)c12. The smallest absolute Gasteiger partial charge is 0.420 e. The molecule has 8 nitrogen and oxygen atoms in total. The molecular formula is C26H26N4O4. The molecule has 0 aliphatic rings. The van der Waals surface area contributed by atoms with Crippen LogP contribution in [0, 0.1) is 13.8 Å². The van der Waals surface area contributed by atoms with Gasteiger partial charge in [-0.25, -0.2) is 9.78 Å². The standard InChI is InChI=1S/C26H26N4O4/c1-15-23(16(2)34-28-15)19-11-20-18(12-22(19)32-5)24-25(21(27-20)14-29(3)4)33-26(31)30(24)13-17-9-7-6-8-10-17/h6-12H,13-14H2,1-5H3. The van der Waals surface area contributed by atoms with E-state index in [1.54, 1.807) is 11.7 Å². The first-order chi connectivity index (χ1) is 16.4. The number of aromatic nitrogens is 3. The maximum atomic E-state index is 13.0. The zero-order chi connectivity index (χ0) is 24.0. The summed E-state index contributed by atoms with van der Waals surface area (Å²) in [4.78, 5) is 19.9. The molecule has 0 atom stereocenters. The highest BCUT2D eigenvalue weighted by molar-refractivity contribution is 6.05. The summed E-state index contributed by atoms with van der Waals surface area (Å²) in [6.07, 6.45) is 0. The Balaban J connectivity index is 1.85. The number of methoxy groups -OCH3 is 1. The first-order valence-corrected chi connectivity index (χ1v) is 11.0. The summed E-state index contributed by atoms with van der Waals surface area (Å²) in [5.74, 6) is 0.932. The van der Waals surface area contributed by atoms with Crippen molar-refractivity contribution in [2.45, 2.75) is 26.9 Å². The molecule has 0 unspecified atom stereocenters. The van der Waals surface area contributed by atoms with E-state index in [1.807, 2.05) is 75.3 Å². The molecule has 3 heterocycles. The van der Waals surface area contributed by atoms with Crippen molar-refractivity contribution in [2.24, 2.45) is 0 Å². The van der Waals surface area contributed by atoms with Gasteiger partial charge in [0, 0.05) is 17.5 Å². The topological polar surface area (TPSA) is 86.5 Å². The molecule has 0 bridgehead atoms.